The van der Waals surface area contributed by atoms with E-state index in [4.69, 9.17) is 11.6 Å². The maximum atomic E-state index is 13.6. The van der Waals surface area contributed by atoms with E-state index in [0.29, 0.717) is 17.7 Å². The van der Waals surface area contributed by atoms with Crippen LogP contribution in [0.1, 0.15) is 29.2 Å². The van der Waals surface area contributed by atoms with Gasteiger partial charge in [-0.15, -0.1) is 0 Å². The topological polar surface area (TPSA) is 62.6 Å². The van der Waals surface area contributed by atoms with E-state index in [1.807, 2.05) is 61.5 Å². The van der Waals surface area contributed by atoms with Crippen molar-refractivity contribution in [2.45, 2.75) is 24.3 Å². The lowest BCUT2D eigenvalue weighted by atomic mass is 9.98. The molecule has 0 N–H and O–H groups in total. The molecule has 32 heavy (non-hydrogen) atoms. The van der Waals surface area contributed by atoms with Crippen molar-refractivity contribution in [2.24, 2.45) is 5.10 Å². The van der Waals surface area contributed by atoms with Gasteiger partial charge in [0.1, 0.15) is 5.15 Å². The summed E-state index contributed by atoms with van der Waals surface area (Å²) in [6, 6.07) is 25.2. The average Bonchev–Trinajstić information content (AvgIpc) is 3.26. The van der Waals surface area contributed by atoms with E-state index in [9.17, 15) is 8.42 Å². The average molecular weight is 462 g/mol. The Labute approximate surface area is 192 Å². The molecule has 0 bridgehead atoms. The van der Waals surface area contributed by atoms with Crippen LogP contribution in [-0.4, -0.2) is 23.5 Å². The summed E-state index contributed by atoms with van der Waals surface area (Å²) < 4.78 is 28.3. The molecule has 0 saturated carbocycles. The fourth-order valence-corrected chi connectivity index (χ4v) is 5.62. The summed E-state index contributed by atoms with van der Waals surface area (Å²) in [6.45, 7) is 2.01. The van der Waals surface area contributed by atoms with Crippen LogP contribution in [0.5, 0.6) is 0 Å². The molecule has 1 aliphatic heterocycles. The molecule has 160 valence electrons. The number of fused-ring (bicyclic) bond motifs is 1. The summed E-state index contributed by atoms with van der Waals surface area (Å²) in [4.78, 5) is 4.70. The lowest BCUT2D eigenvalue weighted by Crippen LogP contribution is -2.27. The van der Waals surface area contributed by atoms with Crippen LogP contribution in [0.15, 0.2) is 94.9 Å². The SMILES string of the molecule is Cc1ccc(C2=NN(S(=O)(=O)c3ccccc3)[C@@H](c3cc4ccccc4nc3Cl)C2)cc1. The predicted octanol–water partition coefficient (Wildman–Crippen LogP) is 5.74. The molecule has 0 saturated heterocycles. The van der Waals surface area contributed by atoms with Crippen molar-refractivity contribution in [1.82, 2.24) is 9.40 Å². The fraction of sp³-hybridized carbons (Fsp3) is 0.120. The lowest BCUT2D eigenvalue weighted by molar-refractivity contribution is 0.371. The van der Waals surface area contributed by atoms with Gasteiger partial charge in [-0.25, -0.2) is 4.98 Å². The molecule has 1 atom stereocenters. The summed E-state index contributed by atoms with van der Waals surface area (Å²) in [7, 11) is -3.90. The Bertz CT molecular complexity index is 1440. The van der Waals surface area contributed by atoms with Gasteiger partial charge in [-0.3, -0.25) is 0 Å². The molecular formula is C25H20ClN3O2S. The van der Waals surface area contributed by atoms with Gasteiger partial charge >= 0.3 is 0 Å². The zero-order valence-corrected chi connectivity index (χ0v) is 18.9. The molecule has 5 rings (SSSR count). The van der Waals surface area contributed by atoms with Crippen LogP contribution in [0.2, 0.25) is 5.15 Å². The first-order valence-corrected chi connectivity index (χ1v) is 12.0. The molecule has 0 radical (unpaired) electrons. The Morgan fingerprint density at radius 2 is 1.62 bits per heavy atom. The van der Waals surface area contributed by atoms with E-state index in [1.54, 1.807) is 30.3 Å². The third-order valence-electron chi connectivity index (χ3n) is 5.61. The number of halogens is 1. The van der Waals surface area contributed by atoms with Gasteiger partial charge in [-0.05, 0) is 36.8 Å². The molecular weight excluding hydrogens is 442 g/mol. The lowest BCUT2D eigenvalue weighted by Gasteiger charge is -2.24. The number of benzene rings is 3. The van der Waals surface area contributed by atoms with Crippen LogP contribution in [0, 0.1) is 6.92 Å². The van der Waals surface area contributed by atoms with Crippen molar-refractivity contribution < 1.29 is 8.42 Å². The minimum absolute atomic E-state index is 0.184. The second-order valence-electron chi connectivity index (χ2n) is 7.78. The van der Waals surface area contributed by atoms with Crippen LogP contribution in [0.25, 0.3) is 10.9 Å². The predicted molar refractivity (Wildman–Crippen MR) is 127 cm³/mol. The standard InChI is InChI=1S/C25H20ClN3O2S/c1-17-11-13-18(14-12-17)23-16-24(21-15-19-7-5-6-10-22(19)27-25(21)26)29(28-23)32(30,31)20-8-3-2-4-9-20/h2-15,24H,16H2,1H3/t24-/m1/s1. The number of sulfonamides is 1. The molecule has 2 heterocycles. The Morgan fingerprint density at radius 1 is 0.938 bits per heavy atom. The molecule has 4 aromatic rings. The molecule has 0 unspecified atom stereocenters. The number of rotatable bonds is 4. The number of aromatic nitrogens is 1. The number of nitrogens with zero attached hydrogens (tertiary/aromatic N) is 3. The van der Waals surface area contributed by atoms with Crippen LogP contribution >= 0.6 is 11.6 Å². The number of hydrogen-bond donors (Lipinski definition) is 0. The molecule has 0 aliphatic carbocycles. The van der Waals surface area contributed by atoms with Gasteiger partial charge in [0, 0.05) is 17.4 Å². The van der Waals surface area contributed by atoms with Crippen LogP contribution < -0.4 is 0 Å². The van der Waals surface area contributed by atoms with E-state index in [1.165, 1.54) is 4.41 Å². The van der Waals surface area contributed by atoms with E-state index in [2.05, 4.69) is 10.1 Å². The molecule has 1 aliphatic rings. The van der Waals surface area contributed by atoms with Gasteiger partial charge in [0.25, 0.3) is 10.0 Å². The monoisotopic (exact) mass is 461 g/mol. The van der Waals surface area contributed by atoms with Gasteiger partial charge in [0.2, 0.25) is 0 Å². The molecule has 0 fully saturated rings. The van der Waals surface area contributed by atoms with Crippen LogP contribution in [0.4, 0.5) is 0 Å². The summed E-state index contributed by atoms with van der Waals surface area (Å²) >= 11 is 6.58. The van der Waals surface area contributed by atoms with Gasteiger partial charge in [0.15, 0.2) is 0 Å². The van der Waals surface area contributed by atoms with Crippen molar-refractivity contribution in [3.8, 4) is 0 Å². The number of hydrogen-bond acceptors (Lipinski definition) is 4. The molecule has 0 spiro atoms. The van der Waals surface area contributed by atoms with Crippen molar-refractivity contribution in [3.63, 3.8) is 0 Å². The second kappa shape index (κ2) is 8.04. The number of para-hydroxylation sites is 1. The minimum Gasteiger partial charge on any atom is -0.236 e. The Morgan fingerprint density at radius 3 is 2.38 bits per heavy atom. The first-order valence-electron chi connectivity index (χ1n) is 10.2. The van der Waals surface area contributed by atoms with E-state index in [-0.39, 0.29) is 10.0 Å². The Balaban J connectivity index is 1.65. The quantitative estimate of drug-likeness (QED) is 0.364. The maximum Gasteiger partial charge on any atom is 0.279 e. The summed E-state index contributed by atoms with van der Waals surface area (Å²) in [5.41, 5.74) is 4.10. The van der Waals surface area contributed by atoms with Crippen molar-refractivity contribution in [3.05, 3.63) is 107 Å². The zero-order chi connectivity index (χ0) is 22.3. The molecule has 5 nitrogen and oxygen atoms in total. The maximum absolute atomic E-state index is 13.6. The molecule has 3 aromatic carbocycles. The fourth-order valence-electron chi connectivity index (χ4n) is 3.91. The van der Waals surface area contributed by atoms with Gasteiger partial charge in [-0.1, -0.05) is 77.8 Å². The minimum atomic E-state index is -3.90. The highest BCUT2D eigenvalue weighted by atomic mass is 35.5. The third kappa shape index (κ3) is 3.66. The highest BCUT2D eigenvalue weighted by Gasteiger charge is 2.39. The molecule has 1 aromatic heterocycles. The van der Waals surface area contributed by atoms with Gasteiger partial charge < -0.3 is 0 Å². The summed E-state index contributed by atoms with van der Waals surface area (Å²) in [6.07, 6.45) is 0.398. The largest absolute Gasteiger partial charge is 0.279 e. The molecule has 7 heteroatoms. The van der Waals surface area contributed by atoms with Crippen molar-refractivity contribution >= 4 is 38.2 Å². The van der Waals surface area contributed by atoms with Crippen LogP contribution in [0.3, 0.4) is 0 Å². The molecule has 0 amide bonds. The van der Waals surface area contributed by atoms with Gasteiger partial charge in [-0.2, -0.15) is 17.9 Å². The van der Waals surface area contributed by atoms with Crippen LogP contribution in [-0.2, 0) is 10.0 Å². The number of aryl methyl sites for hydroxylation is 1. The van der Waals surface area contributed by atoms with Gasteiger partial charge in [0.05, 0.1) is 22.2 Å². The normalized spacial score (nSPS) is 16.4. The number of hydrazone groups is 1. The van der Waals surface area contributed by atoms with E-state index < -0.39 is 16.1 Å². The Hall–Kier alpha value is -3.22. The Kier molecular flexibility index (Phi) is 5.19. The third-order valence-corrected chi connectivity index (χ3v) is 7.61. The second-order valence-corrected chi connectivity index (χ2v) is 9.94. The highest BCUT2D eigenvalue weighted by molar-refractivity contribution is 7.89. The first kappa shape index (κ1) is 20.7. The van der Waals surface area contributed by atoms with Crippen molar-refractivity contribution in [2.75, 3.05) is 0 Å². The summed E-state index contributed by atoms with van der Waals surface area (Å²) in [5.74, 6) is 0. The van der Waals surface area contributed by atoms with E-state index in [0.717, 1.165) is 22.0 Å². The number of pyridine rings is 1. The highest BCUT2D eigenvalue weighted by Crippen LogP contribution is 2.40. The smallest absolute Gasteiger partial charge is 0.236 e. The van der Waals surface area contributed by atoms with E-state index >= 15 is 0 Å². The first-order chi connectivity index (χ1) is 15.4. The van der Waals surface area contributed by atoms with Crippen molar-refractivity contribution in [1.29, 1.82) is 0 Å². The summed E-state index contributed by atoms with van der Waals surface area (Å²) in [5, 5.41) is 5.77. The zero-order valence-electron chi connectivity index (χ0n) is 17.3.